The highest BCUT2D eigenvalue weighted by atomic mass is 35.5. The third kappa shape index (κ3) is 3.50. The van der Waals surface area contributed by atoms with Gasteiger partial charge in [-0.15, -0.1) is 35.5 Å². The molecule has 0 saturated carbocycles. The first-order chi connectivity index (χ1) is 5.95. The lowest BCUT2D eigenvalue weighted by Crippen LogP contribution is -2.28. The second kappa shape index (κ2) is 5.91. The molecule has 4 heteroatoms. The van der Waals surface area contributed by atoms with Crippen LogP contribution in [-0.4, -0.2) is 18.3 Å². The number of thiophene rings is 1. The van der Waals surface area contributed by atoms with E-state index in [1.807, 2.05) is 23.1 Å². The summed E-state index contributed by atoms with van der Waals surface area (Å²) >= 11 is 3.91. The summed E-state index contributed by atoms with van der Waals surface area (Å²) in [4.78, 5) is 0. The molecule has 1 aliphatic heterocycles. The number of halogens is 1. The van der Waals surface area contributed by atoms with Gasteiger partial charge in [0.1, 0.15) is 0 Å². The van der Waals surface area contributed by atoms with E-state index < -0.39 is 0 Å². The number of hydrogen-bond acceptors (Lipinski definition) is 3. The van der Waals surface area contributed by atoms with Crippen molar-refractivity contribution in [3.8, 4) is 0 Å². The average molecular weight is 236 g/mol. The third-order valence-electron chi connectivity index (χ3n) is 2.06. The Bertz CT molecular complexity index is 220. The van der Waals surface area contributed by atoms with Crippen LogP contribution in [0.15, 0.2) is 21.7 Å². The Kier molecular flexibility index (Phi) is 5.17. The van der Waals surface area contributed by atoms with E-state index in [1.54, 1.807) is 0 Å². The van der Waals surface area contributed by atoms with Crippen molar-refractivity contribution in [3.05, 3.63) is 17.5 Å². The van der Waals surface area contributed by atoms with Gasteiger partial charge >= 0.3 is 0 Å². The van der Waals surface area contributed by atoms with Gasteiger partial charge in [-0.25, -0.2) is 0 Å². The minimum absolute atomic E-state index is 0. The highest BCUT2D eigenvalue weighted by Crippen LogP contribution is 2.31. The van der Waals surface area contributed by atoms with E-state index >= 15 is 0 Å². The third-order valence-corrected chi connectivity index (χ3v) is 4.48. The van der Waals surface area contributed by atoms with Gasteiger partial charge in [0.15, 0.2) is 0 Å². The zero-order valence-electron chi connectivity index (χ0n) is 7.36. The fourth-order valence-electron chi connectivity index (χ4n) is 1.41. The number of thioether (sulfide) groups is 1. The molecular formula is C9H14ClNS2. The summed E-state index contributed by atoms with van der Waals surface area (Å²) in [5.41, 5.74) is 0. The second-order valence-electron chi connectivity index (χ2n) is 3.00. The summed E-state index contributed by atoms with van der Waals surface area (Å²) in [6.45, 7) is 2.39. The van der Waals surface area contributed by atoms with E-state index in [4.69, 9.17) is 0 Å². The molecule has 0 aliphatic carbocycles. The van der Waals surface area contributed by atoms with Crippen molar-refractivity contribution in [1.82, 2.24) is 5.32 Å². The molecule has 2 rings (SSSR count). The summed E-state index contributed by atoms with van der Waals surface area (Å²) < 4.78 is 1.47. The van der Waals surface area contributed by atoms with E-state index in [1.165, 1.54) is 30.1 Å². The highest BCUT2D eigenvalue weighted by Gasteiger charge is 2.13. The smallest absolute Gasteiger partial charge is 0.0601 e. The molecule has 1 fully saturated rings. The number of piperidine rings is 1. The maximum atomic E-state index is 3.38. The molecule has 1 aromatic rings. The van der Waals surface area contributed by atoms with Crippen LogP contribution >= 0.6 is 35.5 Å². The number of nitrogens with one attached hydrogen (secondary N) is 1. The van der Waals surface area contributed by atoms with Crippen LogP contribution < -0.4 is 5.32 Å². The van der Waals surface area contributed by atoms with Crippen molar-refractivity contribution in [1.29, 1.82) is 0 Å². The Morgan fingerprint density at radius 1 is 1.38 bits per heavy atom. The largest absolute Gasteiger partial charge is 0.317 e. The molecule has 1 saturated heterocycles. The lowest BCUT2D eigenvalue weighted by atomic mass is 10.2. The molecule has 0 unspecified atom stereocenters. The van der Waals surface area contributed by atoms with E-state index in [9.17, 15) is 0 Å². The lowest BCUT2D eigenvalue weighted by Gasteiger charge is -2.21. The van der Waals surface area contributed by atoms with Gasteiger partial charge in [0.25, 0.3) is 0 Å². The SMILES string of the molecule is Cl.c1csc(SC2CCNCC2)c1. The van der Waals surface area contributed by atoms with Crippen molar-refractivity contribution < 1.29 is 0 Å². The fourth-order valence-corrected chi connectivity index (χ4v) is 3.61. The summed E-state index contributed by atoms with van der Waals surface area (Å²) in [5, 5.41) is 6.39. The Labute approximate surface area is 93.7 Å². The Morgan fingerprint density at radius 2 is 2.15 bits per heavy atom. The topological polar surface area (TPSA) is 12.0 Å². The quantitative estimate of drug-likeness (QED) is 0.846. The van der Waals surface area contributed by atoms with Gasteiger partial charge in [0.2, 0.25) is 0 Å². The summed E-state index contributed by atoms with van der Waals surface area (Å²) in [7, 11) is 0. The van der Waals surface area contributed by atoms with Gasteiger partial charge in [-0.1, -0.05) is 6.07 Å². The van der Waals surface area contributed by atoms with Gasteiger partial charge in [0.05, 0.1) is 4.21 Å². The minimum Gasteiger partial charge on any atom is -0.317 e. The number of hydrogen-bond donors (Lipinski definition) is 1. The number of rotatable bonds is 2. The first-order valence-corrected chi connectivity index (χ1v) is 6.12. The summed E-state index contributed by atoms with van der Waals surface area (Å²) in [6, 6.07) is 4.35. The molecule has 0 radical (unpaired) electrons. The predicted octanol–water partition coefficient (Wildman–Crippen LogP) is 3.01. The monoisotopic (exact) mass is 235 g/mol. The predicted molar refractivity (Wildman–Crippen MR) is 63.3 cm³/mol. The van der Waals surface area contributed by atoms with Crippen LogP contribution in [-0.2, 0) is 0 Å². The van der Waals surface area contributed by atoms with Gasteiger partial charge in [-0.3, -0.25) is 0 Å². The highest BCUT2D eigenvalue weighted by molar-refractivity contribution is 8.01. The Hall–Kier alpha value is 0.300. The fraction of sp³-hybridized carbons (Fsp3) is 0.556. The van der Waals surface area contributed by atoms with Crippen LogP contribution in [0.2, 0.25) is 0 Å². The minimum atomic E-state index is 0. The first kappa shape index (κ1) is 11.4. The molecule has 2 heterocycles. The zero-order valence-corrected chi connectivity index (χ0v) is 9.81. The van der Waals surface area contributed by atoms with E-state index in [0.29, 0.717) is 0 Å². The van der Waals surface area contributed by atoms with Crippen molar-refractivity contribution >= 4 is 35.5 Å². The average Bonchev–Trinajstić information content (AvgIpc) is 2.59. The normalized spacial score (nSPS) is 18.2. The van der Waals surface area contributed by atoms with Crippen LogP contribution in [0.5, 0.6) is 0 Å². The molecule has 1 N–H and O–H groups in total. The molecule has 0 atom stereocenters. The van der Waals surface area contributed by atoms with Crippen LogP contribution in [0.3, 0.4) is 0 Å². The van der Waals surface area contributed by atoms with Crippen molar-refractivity contribution in [2.75, 3.05) is 13.1 Å². The maximum Gasteiger partial charge on any atom is 0.0601 e. The van der Waals surface area contributed by atoms with Gasteiger partial charge in [-0.2, -0.15) is 0 Å². The molecular weight excluding hydrogens is 222 g/mol. The van der Waals surface area contributed by atoms with Crippen molar-refractivity contribution in [3.63, 3.8) is 0 Å². The molecule has 1 aliphatic rings. The summed E-state index contributed by atoms with van der Waals surface area (Å²) in [5.74, 6) is 0. The summed E-state index contributed by atoms with van der Waals surface area (Å²) in [6.07, 6.45) is 2.64. The van der Waals surface area contributed by atoms with Crippen molar-refractivity contribution in [2.24, 2.45) is 0 Å². The van der Waals surface area contributed by atoms with Crippen LogP contribution in [0.4, 0.5) is 0 Å². The zero-order chi connectivity index (χ0) is 8.23. The van der Waals surface area contributed by atoms with Crippen molar-refractivity contribution in [2.45, 2.75) is 22.3 Å². The molecule has 0 spiro atoms. The lowest BCUT2D eigenvalue weighted by molar-refractivity contribution is 0.532. The van der Waals surface area contributed by atoms with E-state index in [-0.39, 0.29) is 12.4 Å². The van der Waals surface area contributed by atoms with E-state index in [2.05, 4.69) is 22.8 Å². The standard InChI is InChI=1S/C9H13NS2.ClH/c1-2-9(11-7-1)12-8-3-5-10-6-4-8;/h1-2,7-8,10H,3-6H2;1H. The molecule has 0 bridgehead atoms. The van der Waals surface area contributed by atoms with Crippen LogP contribution in [0.25, 0.3) is 0 Å². The molecule has 13 heavy (non-hydrogen) atoms. The maximum absolute atomic E-state index is 3.38. The Morgan fingerprint density at radius 3 is 2.77 bits per heavy atom. The molecule has 0 amide bonds. The Balaban J connectivity index is 0.000000845. The van der Waals surface area contributed by atoms with Crippen LogP contribution in [0, 0.1) is 0 Å². The molecule has 1 nitrogen and oxygen atoms in total. The van der Waals surface area contributed by atoms with Gasteiger partial charge in [-0.05, 0) is 37.4 Å². The second-order valence-corrected chi connectivity index (χ2v) is 5.55. The first-order valence-electron chi connectivity index (χ1n) is 4.36. The van der Waals surface area contributed by atoms with E-state index in [0.717, 1.165) is 5.25 Å². The van der Waals surface area contributed by atoms with Gasteiger partial charge < -0.3 is 5.32 Å². The molecule has 74 valence electrons. The van der Waals surface area contributed by atoms with Crippen LogP contribution in [0.1, 0.15) is 12.8 Å². The molecule has 1 aromatic heterocycles. The van der Waals surface area contributed by atoms with Gasteiger partial charge in [0, 0.05) is 5.25 Å². The molecule has 0 aromatic carbocycles.